The first-order chi connectivity index (χ1) is 16.6. The van der Waals surface area contributed by atoms with Gasteiger partial charge in [0.25, 0.3) is 15.9 Å². The van der Waals surface area contributed by atoms with Gasteiger partial charge in [0.1, 0.15) is 5.82 Å². The highest BCUT2D eigenvalue weighted by Crippen LogP contribution is 2.28. The summed E-state index contributed by atoms with van der Waals surface area (Å²) in [6.45, 7) is 12.1. The Morgan fingerprint density at radius 3 is 2.40 bits per heavy atom. The summed E-state index contributed by atoms with van der Waals surface area (Å²) in [7, 11) is -3.83. The van der Waals surface area contributed by atoms with Gasteiger partial charge in [-0.15, -0.1) is 0 Å². The fraction of sp³-hybridized carbons (Fsp3) is 0.538. The summed E-state index contributed by atoms with van der Waals surface area (Å²) in [6, 6.07) is 8.71. The number of carbonyl (C=O) groups is 1. The van der Waals surface area contributed by atoms with Gasteiger partial charge in [-0.2, -0.15) is 0 Å². The molecule has 2 aromatic rings. The Kier molecular flexibility index (Phi) is 7.38. The first kappa shape index (κ1) is 25.4. The molecule has 3 heterocycles. The van der Waals surface area contributed by atoms with E-state index in [1.165, 1.54) is 6.20 Å². The zero-order chi connectivity index (χ0) is 25.2. The second kappa shape index (κ2) is 10.1. The van der Waals surface area contributed by atoms with Gasteiger partial charge >= 0.3 is 0 Å². The zero-order valence-electron chi connectivity index (χ0n) is 21.2. The van der Waals surface area contributed by atoms with Crippen molar-refractivity contribution in [1.82, 2.24) is 15.2 Å². The fourth-order valence-corrected chi connectivity index (χ4v) is 5.74. The van der Waals surface area contributed by atoms with Crippen molar-refractivity contribution in [2.75, 3.05) is 42.3 Å². The van der Waals surface area contributed by atoms with Crippen LogP contribution in [0.25, 0.3) is 0 Å². The molecule has 0 radical (unpaired) electrons. The van der Waals surface area contributed by atoms with Crippen LogP contribution in [-0.2, 0) is 15.4 Å². The molecule has 9 heteroatoms. The number of amides is 1. The maximum atomic E-state index is 13.7. The summed E-state index contributed by atoms with van der Waals surface area (Å²) < 4.78 is 28.9. The number of benzene rings is 1. The van der Waals surface area contributed by atoms with Gasteiger partial charge in [-0.05, 0) is 55.4 Å². The molecule has 0 aliphatic carbocycles. The SMILES string of the molecule is CC1CCCCN1C(=O)c1cc(NS(=O)(=O)c2ccc(C(C)(C)C)cc2)cnc1N1CCNCC1. The molecule has 0 bridgehead atoms. The third kappa shape index (κ3) is 5.78. The molecule has 2 saturated heterocycles. The second-order valence-corrected chi connectivity index (χ2v) is 12.2. The lowest BCUT2D eigenvalue weighted by atomic mass is 9.87. The van der Waals surface area contributed by atoms with E-state index >= 15 is 0 Å². The lowest BCUT2D eigenvalue weighted by molar-refractivity contribution is 0.0636. The standard InChI is InChI=1S/C26H37N5O3S/c1-19-7-5-6-14-31(19)25(32)23-17-21(18-28-24(23)30-15-12-27-13-16-30)29-35(33,34)22-10-8-20(9-11-22)26(2,3)4/h8-11,17-19,27,29H,5-7,12-16H2,1-4H3. The number of pyridine rings is 1. The number of piperazine rings is 1. The number of carbonyl (C=O) groups excluding carboxylic acids is 1. The first-order valence-corrected chi connectivity index (χ1v) is 13.9. The molecule has 1 aromatic carbocycles. The van der Waals surface area contributed by atoms with Crippen LogP contribution < -0.4 is 14.9 Å². The number of rotatable bonds is 5. The van der Waals surface area contributed by atoms with Crippen LogP contribution in [0.1, 0.15) is 62.9 Å². The van der Waals surface area contributed by atoms with Crippen molar-refractivity contribution in [3.8, 4) is 0 Å². The summed E-state index contributed by atoms with van der Waals surface area (Å²) in [5, 5.41) is 3.32. The Bertz CT molecular complexity index is 1150. The van der Waals surface area contributed by atoms with Gasteiger partial charge in [0.05, 0.1) is 22.3 Å². The monoisotopic (exact) mass is 499 g/mol. The normalized spacial score (nSPS) is 19.5. The van der Waals surface area contributed by atoms with Crippen LogP contribution in [0.5, 0.6) is 0 Å². The molecule has 1 atom stereocenters. The summed E-state index contributed by atoms with van der Waals surface area (Å²) >= 11 is 0. The van der Waals surface area contributed by atoms with E-state index in [0.29, 0.717) is 17.9 Å². The van der Waals surface area contributed by atoms with E-state index in [4.69, 9.17) is 0 Å². The van der Waals surface area contributed by atoms with Crippen molar-refractivity contribution in [2.24, 2.45) is 0 Å². The number of nitrogens with one attached hydrogen (secondary N) is 2. The summed E-state index contributed by atoms with van der Waals surface area (Å²) in [5.74, 6) is 0.528. The Hall–Kier alpha value is -2.65. The Balaban J connectivity index is 1.65. The van der Waals surface area contributed by atoms with Gasteiger partial charge < -0.3 is 15.1 Å². The molecule has 1 aromatic heterocycles. The number of hydrogen-bond acceptors (Lipinski definition) is 6. The van der Waals surface area contributed by atoms with E-state index in [9.17, 15) is 13.2 Å². The first-order valence-electron chi connectivity index (χ1n) is 12.5. The molecular formula is C26H37N5O3S. The quantitative estimate of drug-likeness (QED) is 0.653. The van der Waals surface area contributed by atoms with Gasteiger partial charge in [0.15, 0.2) is 0 Å². The molecule has 0 saturated carbocycles. The molecular weight excluding hydrogens is 462 g/mol. The number of piperidine rings is 1. The van der Waals surface area contributed by atoms with Crippen LogP contribution >= 0.6 is 0 Å². The van der Waals surface area contributed by atoms with E-state index in [-0.39, 0.29) is 27.9 Å². The minimum Gasteiger partial charge on any atom is -0.353 e. The van der Waals surface area contributed by atoms with Gasteiger partial charge in [0.2, 0.25) is 0 Å². The summed E-state index contributed by atoms with van der Waals surface area (Å²) in [5.41, 5.74) is 1.73. The van der Waals surface area contributed by atoms with Gasteiger partial charge in [-0.1, -0.05) is 32.9 Å². The van der Waals surface area contributed by atoms with Crippen molar-refractivity contribution >= 4 is 27.4 Å². The highest BCUT2D eigenvalue weighted by Gasteiger charge is 2.29. The van der Waals surface area contributed by atoms with Crippen LogP contribution in [-0.4, -0.2) is 63.0 Å². The summed E-state index contributed by atoms with van der Waals surface area (Å²) in [6.07, 6.45) is 4.57. The van der Waals surface area contributed by atoms with Crippen LogP contribution in [0.15, 0.2) is 41.4 Å². The molecule has 8 nitrogen and oxygen atoms in total. The molecule has 190 valence electrons. The maximum Gasteiger partial charge on any atom is 0.261 e. The average molecular weight is 500 g/mol. The molecule has 2 N–H and O–H groups in total. The number of anilines is 2. The van der Waals surface area contributed by atoms with Crippen molar-refractivity contribution < 1.29 is 13.2 Å². The van der Waals surface area contributed by atoms with Gasteiger partial charge in [-0.25, -0.2) is 13.4 Å². The van der Waals surface area contributed by atoms with Gasteiger partial charge in [-0.3, -0.25) is 9.52 Å². The minimum absolute atomic E-state index is 0.0692. The van der Waals surface area contributed by atoms with Crippen molar-refractivity contribution in [2.45, 2.75) is 63.3 Å². The third-order valence-electron chi connectivity index (χ3n) is 6.86. The van der Waals surface area contributed by atoms with Crippen LogP contribution in [0.4, 0.5) is 11.5 Å². The maximum absolute atomic E-state index is 13.7. The van der Waals surface area contributed by atoms with E-state index in [1.54, 1.807) is 18.2 Å². The predicted octanol–water partition coefficient (Wildman–Crippen LogP) is 3.60. The molecule has 1 unspecified atom stereocenters. The van der Waals surface area contributed by atoms with E-state index in [0.717, 1.165) is 51.0 Å². The Morgan fingerprint density at radius 1 is 1.09 bits per heavy atom. The van der Waals surface area contributed by atoms with E-state index in [1.807, 2.05) is 17.0 Å². The van der Waals surface area contributed by atoms with E-state index < -0.39 is 10.0 Å². The van der Waals surface area contributed by atoms with Crippen LogP contribution in [0, 0.1) is 0 Å². The summed E-state index contributed by atoms with van der Waals surface area (Å²) in [4.78, 5) is 22.4. The highest BCUT2D eigenvalue weighted by atomic mass is 32.2. The Labute approximate surface area is 209 Å². The van der Waals surface area contributed by atoms with Gasteiger partial charge in [0, 0.05) is 38.8 Å². The Morgan fingerprint density at radius 2 is 1.77 bits per heavy atom. The number of nitrogens with zero attached hydrogens (tertiary/aromatic N) is 3. The second-order valence-electron chi connectivity index (χ2n) is 10.6. The number of hydrogen-bond donors (Lipinski definition) is 2. The smallest absolute Gasteiger partial charge is 0.261 e. The van der Waals surface area contributed by atoms with E-state index in [2.05, 4.69) is 47.6 Å². The lowest BCUT2D eigenvalue weighted by Gasteiger charge is -2.35. The largest absolute Gasteiger partial charge is 0.353 e. The molecule has 35 heavy (non-hydrogen) atoms. The molecule has 2 fully saturated rings. The van der Waals surface area contributed by atoms with Crippen LogP contribution in [0.3, 0.4) is 0 Å². The minimum atomic E-state index is -3.83. The molecule has 0 spiro atoms. The third-order valence-corrected chi connectivity index (χ3v) is 8.26. The van der Waals surface area contributed by atoms with Crippen molar-refractivity contribution in [3.63, 3.8) is 0 Å². The predicted molar refractivity (Wildman–Crippen MR) is 140 cm³/mol. The number of aromatic nitrogens is 1. The number of sulfonamides is 1. The molecule has 2 aliphatic heterocycles. The number of likely N-dealkylation sites (tertiary alicyclic amines) is 1. The highest BCUT2D eigenvalue weighted by molar-refractivity contribution is 7.92. The molecule has 1 amide bonds. The van der Waals surface area contributed by atoms with Crippen molar-refractivity contribution in [1.29, 1.82) is 0 Å². The average Bonchev–Trinajstić information content (AvgIpc) is 2.84. The lowest BCUT2D eigenvalue weighted by Crippen LogP contribution is -2.46. The molecule has 4 rings (SSSR count). The van der Waals surface area contributed by atoms with Crippen LogP contribution in [0.2, 0.25) is 0 Å². The van der Waals surface area contributed by atoms with Crippen molar-refractivity contribution in [3.05, 3.63) is 47.7 Å². The molecule has 2 aliphatic rings. The topological polar surface area (TPSA) is 94.6 Å². The fourth-order valence-electron chi connectivity index (χ4n) is 4.70. The zero-order valence-corrected chi connectivity index (χ0v) is 22.0.